The Morgan fingerprint density at radius 1 is 1.50 bits per heavy atom. The van der Waals surface area contributed by atoms with Gasteiger partial charge in [-0.05, 0) is 50.3 Å². The molecule has 1 atom stereocenters. The van der Waals surface area contributed by atoms with Crippen molar-refractivity contribution in [2.75, 3.05) is 0 Å². The summed E-state index contributed by atoms with van der Waals surface area (Å²) in [5.74, 6) is -0.214. The fourth-order valence-electron chi connectivity index (χ4n) is 2.40. The van der Waals surface area contributed by atoms with Crippen molar-refractivity contribution >= 4 is 28.9 Å². The number of halogens is 1. The van der Waals surface area contributed by atoms with Gasteiger partial charge in [-0.15, -0.1) is 0 Å². The molecule has 0 aliphatic heterocycles. The first-order chi connectivity index (χ1) is 11.3. The molecule has 0 heterocycles. The molecule has 6 nitrogen and oxygen atoms in total. The van der Waals surface area contributed by atoms with Gasteiger partial charge in [-0.25, -0.2) is 5.43 Å². The predicted octanol–water partition coefficient (Wildman–Crippen LogP) is 4.27. The molecule has 0 fully saturated rings. The highest BCUT2D eigenvalue weighted by Gasteiger charge is 2.20. The maximum absolute atomic E-state index is 12.2. The van der Waals surface area contributed by atoms with E-state index in [0.717, 1.165) is 29.3 Å². The van der Waals surface area contributed by atoms with E-state index in [9.17, 15) is 14.9 Å². The van der Waals surface area contributed by atoms with Crippen molar-refractivity contribution in [3.8, 4) is 0 Å². The zero-order valence-corrected chi connectivity index (χ0v) is 14.3. The minimum Gasteiger partial charge on any atom is -0.267 e. The number of nitrogens with zero attached hydrogens (tertiary/aromatic N) is 2. The first-order valence-electron chi connectivity index (χ1n) is 7.43. The number of carbonyl (C=O) groups excluding carboxylic acids is 1. The van der Waals surface area contributed by atoms with Crippen LogP contribution in [0.25, 0.3) is 0 Å². The van der Waals surface area contributed by atoms with Gasteiger partial charge in [-0.2, -0.15) is 5.10 Å². The minimum absolute atomic E-state index is 0.0155. The van der Waals surface area contributed by atoms with Gasteiger partial charge in [0.15, 0.2) is 0 Å². The molecule has 2 rings (SSSR count). The molecule has 0 bridgehead atoms. The number of nitrogens with one attached hydrogen (secondary N) is 1. The maximum atomic E-state index is 12.2. The van der Waals surface area contributed by atoms with Crippen molar-refractivity contribution in [2.24, 2.45) is 11.0 Å². The molecule has 0 unspecified atom stereocenters. The van der Waals surface area contributed by atoms with Gasteiger partial charge in [0.2, 0.25) is 0 Å². The van der Waals surface area contributed by atoms with Crippen LogP contribution in [0.3, 0.4) is 0 Å². The van der Waals surface area contributed by atoms with Crippen LogP contribution in [0.4, 0.5) is 5.69 Å². The van der Waals surface area contributed by atoms with Gasteiger partial charge in [0.1, 0.15) is 5.02 Å². The Hall–Kier alpha value is -2.47. The standard InChI is InChI=1S/C17H18ClN3O3/c1-10(2)12-5-4-11(3)15(8-12)19-20-17(22)13-6-7-14(18)16(9-13)21(23)24/h4,6-7,9,12H,1,5,8H2,2-3H3,(H,20,22)/b19-15-/t12-/m0/s1. The van der Waals surface area contributed by atoms with Gasteiger partial charge >= 0.3 is 0 Å². The van der Waals surface area contributed by atoms with E-state index in [4.69, 9.17) is 11.6 Å². The molecule has 0 saturated heterocycles. The molecule has 1 aliphatic rings. The molecule has 0 radical (unpaired) electrons. The summed E-state index contributed by atoms with van der Waals surface area (Å²) in [5.41, 5.74) is 5.14. The van der Waals surface area contributed by atoms with Gasteiger partial charge in [0.25, 0.3) is 11.6 Å². The quantitative estimate of drug-likeness (QED) is 0.501. The third-order valence-corrected chi connectivity index (χ3v) is 4.32. The third kappa shape index (κ3) is 4.08. The van der Waals surface area contributed by atoms with Crippen LogP contribution in [-0.2, 0) is 0 Å². The lowest BCUT2D eigenvalue weighted by Gasteiger charge is -2.22. The number of rotatable bonds is 4. The second-order valence-electron chi connectivity index (χ2n) is 5.79. The van der Waals surface area contributed by atoms with Crippen LogP contribution >= 0.6 is 11.6 Å². The molecule has 126 valence electrons. The van der Waals surface area contributed by atoms with Crippen LogP contribution in [0.2, 0.25) is 5.02 Å². The second kappa shape index (κ2) is 7.40. The molecule has 24 heavy (non-hydrogen) atoms. The topological polar surface area (TPSA) is 84.6 Å². The van der Waals surface area contributed by atoms with E-state index in [2.05, 4.69) is 23.2 Å². The van der Waals surface area contributed by atoms with Gasteiger partial charge in [-0.1, -0.05) is 29.8 Å². The van der Waals surface area contributed by atoms with Crippen molar-refractivity contribution in [2.45, 2.75) is 26.7 Å². The van der Waals surface area contributed by atoms with Gasteiger partial charge < -0.3 is 0 Å². The second-order valence-corrected chi connectivity index (χ2v) is 6.20. The first-order valence-corrected chi connectivity index (χ1v) is 7.80. The van der Waals surface area contributed by atoms with E-state index in [1.807, 2.05) is 13.8 Å². The summed E-state index contributed by atoms with van der Waals surface area (Å²) in [6.07, 6.45) is 3.69. The number of allylic oxidation sites excluding steroid dienone is 3. The molecular formula is C17H18ClN3O3. The number of nitro benzene ring substituents is 1. The number of amides is 1. The molecule has 0 saturated carbocycles. The van der Waals surface area contributed by atoms with Crippen LogP contribution in [0.5, 0.6) is 0 Å². The number of benzene rings is 1. The molecule has 7 heteroatoms. The van der Waals surface area contributed by atoms with E-state index >= 15 is 0 Å². The lowest BCUT2D eigenvalue weighted by Crippen LogP contribution is -2.23. The fraction of sp³-hybridized carbons (Fsp3) is 0.294. The monoisotopic (exact) mass is 347 g/mol. The van der Waals surface area contributed by atoms with Crippen molar-refractivity contribution in [1.82, 2.24) is 5.43 Å². The predicted molar refractivity (Wildman–Crippen MR) is 94.3 cm³/mol. The van der Waals surface area contributed by atoms with Crippen LogP contribution in [0, 0.1) is 16.0 Å². The van der Waals surface area contributed by atoms with Gasteiger partial charge in [0, 0.05) is 11.6 Å². The Balaban J connectivity index is 2.16. The van der Waals surface area contributed by atoms with Gasteiger partial charge in [0.05, 0.1) is 10.6 Å². The Morgan fingerprint density at radius 3 is 2.83 bits per heavy atom. The maximum Gasteiger partial charge on any atom is 0.288 e. The van der Waals surface area contributed by atoms with Crippen molar-refractivity contribution in [3.05, 3.63) is 62.7 Å². The average molecular weight is 348 g/mol. The SMILES string of the molecule is C=C(C)[C@H]1CC=C(C)/C(=N\NC(=O)c2ccc(Cl)c([N+](=O)[O-])c2)C1. The minimum atomic E-state index is -0.628. The highest BCUT2D eigenvalue weighted by Crippen LogP contribution is 2.27. The van der Waals surface area contributed by atoms with Crippen LogP contribution in [-0.4, -0.2) is 16.5 Å². The third-order valence-electron chi connectivity index (χ3n) is 4.00. The fourth-order valence-corrected chi connectivity index (χ4v) is 2.59. The summed E-state index contributed by atoms with van der Waals surface area (Å²) >= 11 is 5.74. The number of nitro groups is 1. The van der Waals surface area contributed by atoms with Crippen LogP contribution in [0.15, 0.2) is 47.1 Å². The van der Waals surface area contributed by atoms with Crippen molar-refractivity contribution < 1.29 is 9.72 Å². The molecule has 1 N–H and O–H groups in total. The zero-order chi connectivity index (χ0) is 17.9. The van der Waals surface area contributed by atoms with Gasteiger partial charge in [-0.3, -0.25) is 14.9 Å². The molecule has 1 aromatic rings. The summed E-state index contributed by atoms with van der Waals surface area (Å²) in [6.45, 7) is 7.88. The van der Waals surface area contributed by atoms with E-state index in [1.165, 1.54) is 12.1 Å². The Labute approximate surface area is 145 Å². The normalized spacial score (nSPS) is 18.9. The van der Waals surface area contributed by atoms with E-state index in [1.54, 1.807) is 0 Å². The number of hydrogen-bond acceptors (Lipinski definition) is 4. The van der Waals surface area contributed by atoms with Crippen molar-refractivity contribution in [1.29, 1.82) is 0 Å². The Bertz CT molecular complexity index is 768. The largest absolute Gasteiger partial charge is 0.288 e. The number of carbonyl (C=O) groups is 1. The summed E-state index contributed by atoms with van der Waals surface area (Å²) in [4.78, 5) is 22.4. The molecule has 1 aliphatic carbocycles. The Morgan fingerprint density at radius 2 is 2.21 bits per heavy atom. The number of hydrogen-bond donors (Lipinski definition) is 1. The van der Waals surface area contributed by atoms with E-state index in [-0.39, 0.29) is 16.3 Å². The average Bonchev–Trinajstić information content (AvgIpc) is 2.53. The van der Waals surface area contributed by atoms with E-state index in [0.29, 0.717) is 12.3 Å². The smallest absolute Gasteiger partial charge is 0.267 e. The molecule has 0 aromatic heterocycles. The van der Waals surface area contributed by atoms with Crippen LogP contribution < -0.4 is 5.43 Å². The highest BCUT2D eigenvalue weighted by molar-refractivity contribution is 6.32. The molecule has 0 spiro atoms. The molecule has 1 amide bonds. The van der Waals surface area contributed by atoms with E-state index < -0.39 is 10.8 Å². The highest BCUT2D eigenvalue weighted by atomic mass is 35.5. The van der Waals surface area contributed by atoms with Crippen LogP contribution in [0.1, 0.15) is 37.0 Å². The molecule has 1 aromatic carbocycles. The Kier molecular flexibility index (Phi) is 5.51. The summed E-state index contributed by atoms with van der Waals surface area (Å²) < 4.78 is 0. The lowest BCUT2D eigenvalue weighted by atomic mass is 9.85. The summed E-state index contributed by atoms with van der Waals surface area (Å²) in [7, 11) is 0. The number of hydrazone groups is 1. The van der Waals surface area contributed by atoms with Crippen molar-refractivity contribution in [3.63, 3.8) is 0 Å². The lowest BCUT2D eigenvalue weighted by molar-refractivity contribution is -0.384. The zero-order valence-electron chi connectivity index (χ0n) is 13.5. The molecular weight excluding hydrogens is 330 g/mol. The summed E-state index contributed by atoms with van der Waals surface area (Å²) in [5, 5.41) is 15.1. The summed E-state index contributed by atoms with van der Waals surface area (Å²) in [6, 6.07) is 3.88. The first kappa shape index (κ1) is 17.9.